The number of carbonyl (C=O) groups excluding carboxylic acids is 1. The van der Waals surface area contributed by atoms with Gasteiger partial charge in [-0.1, -0.05) is 99.2 Å². The summed E-state index contributed by atoms with van der Waals surface area (Å²) in [4.78, 5) is 22.0. The Labute approximate surface area is 287 Å². The minimum atomic E-state index is -3.11. The average Bonchev–Trinajstić information content (AvgIpc) is 3.54. The molecule has 48 heavy (non-hydrogen) atoms. The van der Waals surface area contributed by atoms with Gasteiger partial charge in [0.05, 0.1) is 18.5 Å². The van der Waals surface area contributed by atoms with E-state index in [0.717, 1.165) is 0 Å². The number of nitrogens with zero attached hydrogens (tertiary/aromatic N) is 4. The lowest BCUT2D eigenvalue weighted by molar-refractivity contribution is -0.0437. The summed E-state index contributed by atoms with van der Waals surface area (Å²) in [5.74, 6) is 3.19. The molecule has 0 saturated carbocycles. The first-order chi connectivity index (χ1) is 22.4. The number of hydrogen-bond acceptors (Lipinski definition) is 9. The number of nitrogens with one attached hydrogen (secondary N) is 1. The number of amides is 1. The normalized spacial score (nSPS) is 25.5. The van der Waals surface area contributed by atoms with Crippen LogP contribution in [0.25, 0.3) is 5.65 Å². The van der Waals surface area contributed by atoms with Gasteiger partial charge in [0.1, 0.15) is 32.7 Å². The topological polar surface area (TPSA) is 129 Å². The van der Waals surface area contributed by atoms with Crippen molar-refractivity contribution in [1.29, 1.82) is 0 Å². The van der Waals surface area contributed by atoms with Gasteiger partial charge >= 0.3 is 17.1 Å². The van der Waals surface area contributed by atoms with Gasteiger partial charge in [-0.2, -0.15) is 5.10 Å². The van der Waals surface area contributed by atoms with Crippen molar-refractivity contribution in [2.45, 2.75) is 121 Å². The van der Waals surface area contributed by atoms with Gasteiger partial charge in [0.15, 0.2) is 17.1 Å². The van der Waals surface area contributed by atoms with Crippen molar-refractivity contribution < 1.29 is 27.6 Å². The maximum atomic E-state index is 13.0. The van der Waals surface area contributed by atoms with Crippen molar-refractivity contribution in [1.82, 2.24) is 19.6 Å². The zero-order chi connectivity index (χ0) is 35.2. The lowest BCUT2D eigenvalue weighted by Crippen LogP contribution is -2.67. The predicted molar refractivity (Wildman–Crippen MR) is 193 cm³/mol. The van der Waals surface area contributed by atoms with Gasteiger partial charge in [-0.05, 0) is 34.3 Å². The summed E-state index contributed by atoms with van der Waals surface area (Å²) in [6.45, 7) is 23.9. The molecule has 0 bridgehead atoms. The molecular formula is C34H51N5O6Si3. The second-order valence-electron chi connectivity index (χ2n) is 15.2. The molecule has 14 heteroatoms. The number of ether oxygens (including phenoxy) is 1. The highest BCUT2D eigenvalue weighted by molar-refractivity contribution is 6.84. The number of hydrogen-bond donors (Lipinski definition) is 2. The Morgan fingerprint density at radius 2 is 1.62 bits per heavy atom. The minimum absolute atomic E-state index is 0.0526. The predicted octanol–water partition coefficient (Wildman–Crippen LogP) is 6.38. The van der Waals surface area contributed by atoms with Crippen LogP contribution in [0.3, 0.4) is 0 Å². The van der Waals surface area contributed by atoms with Gasteiger partial charge in [0, 0.05) is 5.56 Å². The van der Waals surface area contributed by atoms with Crippen LogP contribution in [0.2, 0.25) is 41.8 Å². The molecule has 260 valence electrons. The maximum Gasteiger partial charge on any atom is 0.335 e. The Bertz CT molecular complexity index is 1670. The summed E-state index contributed by atoms with van der Waals surface area (Å²) < 4.78 is 30.0. The molecule has 2 aromatic heterocycles. The molecule has 0 unspecified atom stereocenters. The molecule has 2 aliphatic rings. The fraction of sp³-hybridized carbons (Fsp3) is 0.588. The SMILES string of the molecule is CC(C)[Si]1(C(C)C)OC[C@H]2O[C@@H](c3cnc4c(NC(=O)c5ccccc5)ncnn34)[C@](O)(C#C[Si](C)(C)C)[C@@H]2O[Si](C(C)C)(C(C)C)O1. The third kappa shape index (κ3) is 6.59. The van der Waals surface area contributed by atoms with E-state index in [1.54, 1.807) is 35.0 Å². The van der Waals surface area contributed by atoms with Crippen LogP contribution in [0.4, 0.5) is 5.82 Å². The van der Waals surface area contributed by atoms with Gasteiger partial charge < -0.3 is 28.1 Å². The maximum absolute atomic E-state index is 13.0. The van der Waals surface area contributed by atoms with Gasteiger partial charge in [-0.3, -0.25) is 4.79 Å². The smallest absolute Gasteiger partial charge is 0.335 e. The van der Waals surface area contributed by atoms with Gasteiger partial charge in [-0.25, -0.2) is 14.5 Å². The van der Waals surface area contributed by atoms with Crippen LogP contribution in [0.15, 0.2) is 42.9 Å². The van der Waals surface area contributed by atoms with E-state index in [9.17, 15) is 9.90 Å². The molecule has 0 spiro atoms. The van der Waals surface area contributed by atoms with E-state index >= 15 is 0 Å². The summed E-state index contributed by atoms with van der Waals surface area (Å²) in [6, 6.07) is 8.88. The molecular weight excluding hydrogens is 659 g/mol. The van der Waals surface area contributed by atoms with Crippen LogP contribution in [-0.4, -0.2) is 80.2 Å². The van der Waals surface area contributed by atoms with Gasteiger partial charge in [0.2, 0.25) is 0 Å². The molecule has 2 aliphatic heterocycles. The van der Waals surface area contributed by atoms with Crippen molar-refractivity contribution in [3.05, 3.63) is 54.1 Å². The quantitative estimate of drug-likeness (QED) is 0.212. The monoisotopic (exact) mass is 709 g/mol. The summed E-state index contributed by atoms with van der Waals surface area (Å²) in [6.07, 6.45) is 0.442. The molecule has 0 aliphatic carbocycles. The molecule has 11 nitrogen and oxygen atoms in total. The second kappa shape index (κ2) is 13.5. The highest BCUT2D eigenvalue weighted by atomic mass is 28.5. The molecule has 1 aromatic carbocycles. The van der Waals surface area contributed by atoms with Gasteiger partial charge in [0.25, 0.3) is 5.91 Å². The van der Waals surface area contributed by atoms with Crippen molar-refractivity contribution in [3.63, 3.8) is 0 Å². The first kappa shape index (κ1) is 36.5. The molecule has 3 aromatic rings. The zero-order valence-corrected chi connectivity index (χ0v) is 33.1. The lowest BCUT2D eigenvalue weighted by atomic mass is 9.90. The molecule has 4 atom stereocenters. The van der Waals surface area contributed by atoms with Crippen LogP contribution in [-0.2, 0) is 17.7 Å². The van der Waals surface area contributed by atoms with Crippen LogP contribution in [0.1, 0.15) is 77.5 Å². The van der Waals surface area contributed by atoms with Crippen molar-refractivity contribution in [2.24, 2.45) is 0 Å². The molecule has 5 rings (SSSR count). The number of benzene rings is 1. The van der Waals surface area contributed by atoms with E-state index in [0.29, 0.717) is 16.9 Å². The summed E-state index contributed by atoms with van der Waals surface area (Å²) in [5, 5.41) is 20.3. The molecule has 2 saturated heterocycles. The molecule has 2 fully saturated rings. The number of carbonyl (C=O) groups is 1. The lowest BCUT2D eigenvalue weighted by Gasteiger charge is -2.52. The molecule has 4 heterocycles. The fourth-order valence-electron chi connectivity index (χ4n) is 6.79. The standard InChI is InChI=1S/C34H51N5O6Si3/c1-22(2)47(23(3)4)42-20-28-30(44-48(45-47,24(5)6)25(7)8)34(41,17-18-46(9,10)11)29(43-28)27-19-35-32-31(36-21-37-39(27)32)38-33(40)26-15-13-12-14-16-26/h12-16,19,21-25,28-30,41H,20H2,1-11H3,(H,36,37,38,40)/t28-,29+,30-,34-/m1/s1. The minimum Gasteiger partial charge on any atom is -0.414 e. The highest BCUT2D eigenvalue weighted by Crippen LogP contribution is 2.51. The Kier molecular flexibility index (Phi) is 10.3. The number of aliphatic hydroxyl groups is 1. The average molecular weight is 710 g/mol. The Morgan fingerprint density at radius 3 is 2.21 bits per heavy atom. The van der Waals surface area contributed by atoms with Crippen LogP contribution >= 0.6 is 0 Å². The first-order valence-electron chi connectivity index (χ1n) is 16.9. The van der Waals surface area contributed by atoms with Crippen LogP contribution in [0, 0.1) is 11.5 Å². The number of anilines is 1. The number of imidazole rings is 1. The third-order valence-corrected chi connectivity index (χ3v) is 20.4. The van der Waals surface area contributed by atoms with Crippen LogP contribution in [0.5, 0.6) is 0 Å². The first-order valence-corrected chi connectivity index (χ1v) is 24.4. The Morgan fingerprint density at radius 1 is 1.00 bits per heavy atom. The fourth-order valence-corrected chi connectivity index (χ4v) is 18.6. The number of fused-ring (bicyclic) bond motifs is 2. The van der Waals surface area contributed by atoms with E-state index in [1.807, 2.05) is 6.07 Å². The summed E-state index contributed by atoms with van der Waals surface area (Å²) in [5.41, 5.74) is 3.30. The Hall–Kier alpha value is -2.75. The molecule has 2 N–H and O–H groups in total. The van der Waals surface area contributed by atoms with Crippen molar-refractivity contribution in [2.75, 3.05) is 11.9 Å². The van der Waals surface area contributed by atoms with E-state index < -0.39 is 49.1 Å². The van der Waals surface area contributed by atoms with Crippen molar-refractivity contribution in [3.8, 4) is 11.5 Å². The third-order valence-electron chi connectivity index (χ3n) is 9.31. The highest BCUT2D eigenvalue weighted by Gasteiger charge is 2.66. The second-order valence-corrected chi connectivity index (χ2v) is 28.8. The molecule has 0 radical (unpaired) electrons. The number of aromatic nitrogens is 4. The zero-order valence-electron chi connectivity index (χ0n) is 30.1. The van der Waals surface area contributed by atoms with E-state index in [2.05, 4.69) is 107 Å². The largest absolute Gasteiger partial charge is 0.414 e. The van der Waals surface area contributed by atoms with Crippen LogP contribution < -0.4 is 5.32 Å². The van der Waals surface area contributed by atoms with Crippen molar-refractivity contribution >= 4 is 42.6 Å². The van der Waals surface area contributed by atoms with Gasteiger partial charge in [-0.15, -0.1) is 5.54 Å². The summed E-state index contributed by atoms with van der Waals surface area (Å²) >= 11 is 0. The van der Waals surface area contributed by atoms with E-state index in [4.69, 9.17) is 17.7 Å². The molecule has 1 amide bonds. The van der Waals surface area contributed by atoms with E-state index in [1.165, 1.54) is 6.33 Å². The number of rotatable bonds is 7. The van der Waals surface area contributed by atoms with E-state index in [-0.39, 0.29) is 40.5 Å². The Balaban J connectivity index is 1.65. The summed E-state index contributed by atoms with van der Waals surface area (Å²) in [7, 11) is -7.95.